The first-order valence-corrected chi connectivity index (χ1v) is 4.02. The highest BCUT2D eigenvalue weighted by molar-refractivity contribution is 5.73. The first-order valence-electron chi connectivity index (χ1n) is 4.02. The molecule has 13 heavy (non-hydrogen) atoms. The van der Waals surface area contributed by atoms with Crippen LogP contribution in [0.15, 0.2) is 30.0 Å². The second-order valence-corrected chi connectivity index (χ2v) is 2.80. The van der Waals surface area contributed by atoms with Gasteiger partial charge in [0.05, 0.1) is 5.69 Å². The van der Waals surface area contributed by atoms with Crippen LogP contribution in [0.3, 0.4) is 0 Å². The molecule has 0 aliphatic heterocycles. The molecule has 3 nitrogen and oxygen atoms in total. The Bertz CT molecular complexity index is 348. The van der Waals surface area contributed by atoms with Gasteiger partial charge in [0, 0.05) is 13.2 Å². The zero-order valence-corrected chi connectivity index (χ0v) is 7.77. The first kappa shape index (κ1) is 9.45. The van der Waals surface area contributed by atoms with Crippen LogP contribution in [0.1, 0.15) is 12.6 Å². The summed E-state index contributed by atoms with van der Waals surface area (Å²) >= 11 is 0. The number of hydrogen-bond donors (Lipinski definition) is 0. The van der Waals surface area contributed by atoms with Crippen LogP contribution < -0.4 is 0 Å². The van der Waals surface area contributed by atoms with Gasteiger partial charge in [-0.15, -0.1) is 0 Å². The van der Waals surface area contributed by atoms with Crippen LogP contribution in [-0.4, -0.2) is 16.1 Å². The number of carbonyl (C=O) groups excluding carboxylic acids is 1. The van der Waals surface area contributed by atoms with Gasteiger partial charge in [-0.1, -0.05) is 12.2 Å². The Kier molecular flexibility index (Phi) is 3.20. The van der Waals surface area contributed by atoms with E-state index in [9.17, 15) is 4.79 Å². The van der Waals surface area contributed by atoms with E-state index in [0.717, 1.165) is 12.0 Å². The molecule has 0 N–H and O–H groups in total. The summed E-state index contributed by atoms with van der Waals surface area (Å²) in [6, 6.07) is 1.90. The van der Waals surface area contributed by atoms with Gasteiger partial charge in [0.15, 0.2) is 0 Å². The van der Waals surface area contributed by atoms with Gasteiger partial charge >= 0.3 is 0 Å². The van der Waals surface area contributed by atoms with Gasteiger partial charge in [0.25, 0.3) is 0 Å². The Morgan fingerprint density at radius 1 is 1.62 bits per heavy atom. The number of aryl methyl sites for hydroxylation is 1. The number of hydrogen-bond acceptors (Lipinski definition) is 2. The fourth-order valence-electron chi connectivity index (χ4n) is 0.860. The van der Waals surface area contributed by atoms with Gasteiger partial charge in [0.1, 0.15) is 6.29 Å². The van der Waals surface area contributed by atoms with Crippen molar-refractivity contribution in [2.24, 2.45) is 7.05 Å². The molecule has 1 heterocycles. The van der Waals surface area contributed by atoms with Crippen LogP contribution in [0.25, 0.3) is 6.08 Å². The Morgan fingerprint density at radius 3 is 2.92 bits per heavy atom. The number of allylic oxidation sites excluding steroid dienone is 3. The Balaban J connectivity index is 2.64. The minimum atomic E-state index is 0.701. The molecule has 0 radical (unpaired) electrons. The van der Waals surface area contributed by atoms with Crippen LogP contribution in [0.2, 0.25) is 0 Å². The highest BCUT2D eigenvalue weighted by atomic mass is 16.1. The predicted octanol–water partition coefficient (Wildman–Crippen LogP) is 1.58. The van der Waals surface area contributed by atoms with E-state index in [0.29, 0.717) is 5.57 Å². The third kappa shape index (κ3) is 3.07. The molecule has 0 spiro atoms. The molecule has 68 valence electrons. The third-order valence-electron chi connectivity index (χ3n) is 1.55. The quantitative estimate of drug-likeness (QED) is 0.398. The van der Waals surface area contributed by atoms with E-state index in [1.807, 2.05) is 31.5 Å². The lowest BCUT2D eigenvalue weighted by Crippen LogP contribution is -1.86. The van der Waals surface area contributed by atoms with Gasteiger partial charge in [-0.05, 0) is 24.6 Å². The molecule has 1 aromatic heterocycles. The summed E-state index contributed by atoms with van der Waals surface area (Å²) in [5.74, 6) is 0. The van der Waals surface area contributed by atoms with Gasteiger partial charge in [0.2, 0.25) is 0 Å². The average Bonchev–Trinajstić information content (AvgIpc) is 2.51. The number of nitrogens with zero attached hydrogens (tertiary/aromatic N) is 2. The molecule has 0 unspecified atom stereocenters. The molecular weight excluding hydrogens is 164 g/mol. The van der Waals surface area contributed by atoms with E-state index >= 15 is 0 Å². The largest absolute Gasteiger partial charge is 0.298 e. The van der Waals surface area contributed by atoms with Gasteiger partial charge in [-0.3, -0.25) is 9.48 Å². The zero-order valence-electron chi connectivity index (χ0n) is 7.77. The van der Waals surface area contributed by atoms with Crippen LogP contribution >= 0.6 is 0 Å². The minimum Gasteiger partial charge on any atom is -0.298 e. The van der Waals surface area contributed by atoms with Crippen molar-refractivity contribution in [2.45, 2.75) is 6.92 Å². The Morgan fingerprint density at radius 2 is 2.38 bits per heavy atom. The van der Waals surface area contributed by atoms with Crippen molar-refractivity contribution in [3.63, 3.8) is 0 Å². The topological polar surface area (TPSA) is 34.9 Å². The number of carbonyl (C=O) groups is 1. The summed E-state index contributed by atoms with van der Waals surface area (Å²) in [5, 5.41) is 4.15. The molecule has 3 heteroatoms. The van der Waals surface area contributed by atoms with E-state index < -0.39 is 0 Å². The fraction of sp³-hybridized carbons (Fsp3) is 0.200. The van der Waals surface area contributed by atoms with Gasteiger partial charge in [-0.25, -0.2) is 0 Å². The predicted molar refractivity (Wildman–Crippen MR) is 52.1 cm³/mol. The normalized spacial score (nSPS) is 12.3. The number of rotatable bonds is 3. The molecule has 1 aromatic rings. The molecule has 1 rings (SSSR count). The molecule has 0 amide bonds. The molecule has 0 aliphatic carbocycles. The summed E-state index contributed by atoms with van der Waals surface area (Å²) < 4.78 is 1.73. The van der Waals surface area contributed by atoms with E-state index in [1.165, 1.54) is 0 Å². The lowest BCUT2D eigenvalue weighted by molar-refractivity contribution is -0.104. The maximum atomic E-state index is 10.2. The summed E-state index contributed by atoms with van der Waals surface area (Å²) in [5.41, 5.74) is 1.59. The lowest BCUT2D eigenvalue weighted by atomic mass is 10.3. The monoisotopic (exact) mass is 176 g/mol. The average molecular weight is 176 g/mol. The minimum absolute atomic E-state index is 0.701. The maximum Gasteiger partial charge on any atom is 0.145 e. The van der Waals surface area contributed by atoms with Crippen LogP contribution in [-0.2, 0) is 11.8 Å². The maximum absolute atomic E-state index is 10.2. The van der Waals surface area contributed by atoms with Crippen molar-refractivity contribution < 1.29 is 4.79 Å². The van der Waals surface area contributed by atoms with Crippen LogP contribution in [0, 0.1) is 0 Å². The highest BCUT2D eigenvalue weighted by Crippen LogP contribution is 1.98. The SMILES string of the molecule is C/C(C=O)=C\C=C/c1ccn(C)n1. The summed E-state index contributed by atoms with van der Waals surface area (Å²) in [6.07, 6.45) is 8.11. The lowest BCUT2D eigenvalue weighted by Gasteiger charge is -1.84. The third-order valence-corrected chi connectivity index (χ3v) is 1.55. The molecule has 0 fully saturated rings. The van der Waals surface area contributed by atoms with E-state index in [4.69, 9.17) is 0 Å². The highest BCUT2D eigenvalue weighted by Gasteiger charge is 1.88. The van der Waals surface area contributed by atoms with E-state index in [1.54, 1.807) is 17.7 Å². The van der Waals surface area contributed by atoms with Crippen molar-refractivity contribution in [1.82, 2.24) is 9.78 Å². The van der Waals surface area contributed by atoms with Crippen LogP contribution in [0.4, 0.5) is 0 Å². The summed E-state index contributed by atoms with van der Waals surface area (Å²) in [4.78, 5) is 10.2. The van der Waals surface area contributed by atoms with Crippen molar-refractivity contribution in [2.75, 3.05) is 0 Å². The Labute approximate surface area is 77.4 Å². The van der Waals surface area contributed by atoms with Gasteiger partial charge in [-0.2, -0.15) is 5.10 Å². The fourth-order valence-corrected chi connectivity index (χ4v) is 0.860. The van der Waals surface area contributed by atoms with Crippen LogP contribution in [0.5, 0.6) is 0 Å². The standard InChI is InChI=1S/C10H12N2O/c1-9(8-13)4-3-5-10-6-7-12(2)11-10/h3-8H,1-2H3/b5-3-,9-4+. The molecule has 0 saturated heterocycles. The smallest absolute Gasteiger partial charge is 0.145 e. The molecule has 0 bridgehead atoms. The number of aromatic nitrogens is 2. The van der Waals surface area contributed by atoms with Crippen molar-refractivity contribution >= 4 is 12.4 Å². The molecular formula is C10H12N2O. The second-order valence-electron chi connectivity index (χ2n) is 2.80. The summed E-state index contributed by atoms with van der Waals surface area (Å²) in [6.45, 7) is 1.76. The summed E-state index contributed by atoms with van der Waals surface area (Å²) in [7, 11) is 1.86. The van der Waals surface area contributed by atoms with Gasteiger partial charge < -0.3 is 0 Å². The van der Waals surface area contributed by atoms with Crippen molar-refractivity contribution in [3.8, 4) is 0 Å². The van der Waals surface area contributed by atoms with Crippen molar-refractivity contribution in [3.05, 3.63) is 35.7 Å². The first-order chi connectivity index (χ1) is 6.22. The molecule has 0 atom stereocenters. The number of aldehydes is 1. The second kappa shape index (κ2) is 4.40. The van der Waals surface area contributed by atoms with E-state index in [2.05, 4.69) is 5.10 Å². The van der Waals surface area contributed by atoms with Crippen molar-refractivity contribution in [1.29, 1.82) is 0 Å². The Hall–Kier alpha value is -1.64. The molecule has 0 aliphatic rings. The zero-order chi connectivity index (χ0) is 9.68. The van der Waals surface area contributed by atoms with E-state index in [-0.39, 0.29) is 0 Å². The molecule has 0 saturated carbocycles. The molecule has 0 aromatic carbocycles.